The minimum atomic E-state index is -1.21. The van der Waals surface area contributed by atoms with Gasteiger partial charge in [0.1, 0.15) is 11.5 Å². The molecule has 0 bridgehead atoms. The smallest absolute Gasteiger partial charge is 0.258 e. The minimum absolute atomic E-state index is 0.0152. The number of hydrogen-bond donors (Lipinski definition) is 0. The summed E-state index contributed by atoms with van der Waals surface area (Å²) >= 11 is 0. The zero-order valence-corrected chi connectivity index (χ0v) is 23.8. The number of carbonyl (C=O) groups is 2. The van der Waals surface area contributed by atoms with Crippen LogP contribution in [0.15, 0.2) is 12.1 Å². The Labute approximate surface area is 201 Å². The lowest BCUT2D eigenvalue weighted by Crippen LogP contribution is -2.32. The van der Waals surface area contributed by atoms with Crippen LogP contribution in [0.5, 0.6) is 11.5 Å². The summed E-state index contributed by atoms with van der Waals surface area (Å²) in [7, 11) is -2.41. The molecular weight excluding hydrogens is 454 g/mol. The van der Waals surface area contributed by atoms with Gasteiger partial charge in [-0.1, -0.05) is 39.3 Å². The largest absolute Gasteiger partial charge is 0.467 e. The van der Waals surface area contributed by atoms with E-state index >= 15 is 0 Å². The molecule has 1 aromatic rings. The van der Waals surface area contributed by atoms with Crippen molar-refractivity contribution in [1.29, 1.82) is 0 Å². The maximum absolute atomic E-state index is 13.2. The summed E-state index contributed by atoms with van der Waals surface area (Å²) in [6.45, 7) is 19.7. The van der Waals surface area contributed by atoms with Gasteiger partial charge in [-0.25, -0.2) is 0 Å². The summed E-state index contributed by atoms with van der Waals surface area (Å²) in [6.07, 6.45) is 0.646. The monoisotopic (exact) mass is 497 g/mol. The van der Waals surface area contributed by atoms with E-state index in [0.29, 0.717) is 44.1 Å². The second-order valence-electron chi connectivity index (χ2n) is 10.4. The number of hydrogen-bond acceptors (Lipinski definition) is 6. The van der Waals surface area contributed by atoms with Gasteiger partial charge in [-0.05, 0) is 38.1 Å². The molecule has 0 fully saturated rings. The Morgan fingerprint density at radius 1 is 0.848 bits per heavy atom. The van der Waals surface area contributed by atoms with Crippen molar-refractivity contribution in [2.45, 2.75) is 65.2 Å². The van der Waals surface area contributed by atoms with Crippen molar-refractivity contribution in [3.8, 4) is 11.5 Å². The molecule has 0 saturated heterocycles. The molecule has 0 heterocycles. The van der Waals surface area contributed by atoms with E-state index in [4.69, 9.17) is 18.9 Å². The molecule has 0 atom stereocenters. The van der Waals surface area contributed by atoms with Crippen molar-refractivity contribution < 1.29 is 28.5 Å². The van der Waals surface area contributed by atoms with Gasteiger partial charge in [0.2, 0.25) is 0 Å². The van der Waals surface area contributed by atoms with Crippen LogP contribution >= 0.6 is 0 Å². The second kappa shape index (κ2) is 13.9. The van der Waals surface area contributed by atoms with E-state index < -0.39 is 16.1 Å². The van der Waals surface area contributed by atoms with E-state index in [9.17, 15) is 9.59 Å². The predicted molar refractivity (Wildman–Crippen MR) is 138 cm³/mol. The fourth-order valence-corrected chi connectivity index (χ4v) is 4.43. The van der Waals surface area contributed by atoms with Gasteiger partial charge in [-0.2, -0.15) is 0 Å². The third-order valence-electron chi connectivity index (χ3n) is 5.14. The molecule has 0 aliphatic heterocycles. The molecule has 1 aromatic carbocycles. The first-order valence-corrected chi connectivity index (χ1v) is 19.2. The zero-order chi connectivity index (χ0) is 25.1. The quantitative estimate of drug-likeness (QED) is 0.132. The van der Waals surface area contributed by atoms with Gasteiger partial charge in [0, 0.05) is 42.5 Å². The first kappa shape index (κ1) is 29.3. The first-order valence-electron chi connectivity index (χ1n) is 11.8. The Kier molecular flexibility index (Phi) is 12.3. The molecule has 7 nitrogen and oxygen atoms in total. The van der Waals surface area contributed by atoms with Crippen LogP contribution in [0.25, 0.3) is 0 Å². The van der Waals surface area contributed by atoms with Crippen molar-refractivity contribution in [3.05, 3.63) is 23.3 Å². The number of benzene rings is 1. The van der Waals surface area contributed by atoms with Crippen molar-refractivity contribution in [2.24, 2.45) is 0 Å². The van der Waals surface area contributed by atoms with E-state index in [2.05, 4.69) is 39.3 Å². The van der Waals surface area contributed by atoms with Crippen molar-refractivity contribution in [1.82, 2.24) is 4.90 Å². The van der Waals surface area contributed by atoms with Crippen LogP contribution in [0.1, 0.15) is 34.6 Å². The lowest BCUT2D eigenvalue weighted by Gasteiger charge is -2.23. The maximum atomic E-state index is 13.2. The summed E-state index contributed by atoms with van der Waals surface area (Å²) in [5.41, 5.74) is 0.363. The Morgan fingerprint density at radius 3 is 1.73 bits per heavy atom. The average molecular weight is 498 g/mol. The highest BCUT2D eigenvalue weighted by Crippen LogP contribution is 2.31. The fraction of sp³-hybridized carbons (Fsp3) is 0.667. The normalized spacial score (nSPS) is 11.9. The van der Waals surface area contributed by atoms with Crippen LogP contribution in [0, 0.1) is 0 Å². The van der Waals surface area contributed by atoms with Crippen LogP contribution in [-0.2, 0) is 9.47 Å². The van der Waals surface area contributed by atoms with Crippen LogP contribution in [0.3, 0.4) is 0 Å². The molecule has 0 radical (unpaired) electrons. The molecule has 0 unspecified atom stereocenters. The molecule has 0 spiro atoms. The summed E-state index contributed by atoms with van der Waals surface area (Å²) in [5, 5.41) is 0. The number of carbonyl (C=O) groups excluding carboxylic acids is 2. The van der Waals surface area contributed by atoms with Gasteiger partial charge < -0.3 is 23.8 Å². The van der Waals surface area contributed by atoms with Crippen LogP contribution in [0.4, 0.5) is 0 Å². The highest BCUT2D eigenvalue weighted by atomic mass is 28.3. The van der Waals surface area contributed by atoms with Gasteiger partial charge in [0.25, 0.3) is 5.91 Å². The van der Waals surface area contributed by atoms with Gasteiger partial charge in [-0.3, -0.25) is 9.59 Å². The van der Waals surface area contributed by atoms with E-state index in [1.165, 1.54) is 0 Å². The SMILES string of the molecule is CCN(CC)C(=O)c1c(OCOCC[Si](C)(C)C)ccc(OCOCC[Si](C)(C)C)c1C=O. The molecule has 188 valence electrons. The number of nitrogens with zero attached hydrogens (tertiary/aromatic N) is 1. The maximum Gasteiger partial charge on any atom is 0.258 e. The predicted octanol–water partition coefficient (Wildman–Crippen LogP) is 5.36. The number of amides is 1. The zero-order valence-electron chi connectivity index (χ0n) is 21.8. The standard InChI is InChI=1S/C24H43NO6Si2/c1-9-25(10-2)24(27)23-20(17-26)21(30-18-28-13-15-32(3,4)5)11-12-22(23)31-19-29-14-16-33(6,7)8/h11-12,17H,9-10,13-16,18-19H2,1-8H3. The first-order chi connectivity index (χ1) is 15.4. The number of rotatable bonds is 16. The molecule has 1 amide bonds. The van der Waals surface area contributed by atoms with Crippen molar-refractivity contribution in [2.75, 3.05) is 39.9 Å². The lowest BCUT2D eigenvalue weighted by atomic mass is 10.0. The van der Waals surface area contributed by atoms with Crippen LogP contribution in [-0.4, -0.2) is 73.1 Å². The third kappa shape index (κ3) is 10.9. The lowest BCUT2D eigenvalue weighted by molar-refractivity contribution is 0.0185. The van der Waals surface area contributed by atoms with Gasteiger partial charge in [0.15, 0.2) is 19.9 Å². The Morgan fingerprint density at radius 2 is 1.30 bits per heavy atom. The van der Waals surface area contributed by atoms with Gasteiger partial charge >= 0.3 is 0 Å². The molecule has 0 N–H and O–H groups in total. The van der Waals surface area contributed by atoms with Crippen molar-refractivity contribution >= 4 is 28.3 Å². The molecule has 1 rings (SSSR count). The minimum Gasteiger partial charge on any atom is -0.467 e. The van der Waals surface area contributed by atoms with Crippen LogP contribution in [0.2, 0.25) is 51.4 Å². The average Bonchev–Trinajstić information content (AvgIpc) is 2.72. The molecule has 9 heteroatoms. The van der Waals surface area contributed by atoms with Crippen molar-refractivity contribution in [3.63, 3.8) is 0 Å². The molecule has 0 aliphatic carbocycles. The number of ether oxygens (including phenoxy) is 4. The van der Waals surface area contributed by atoms with E-state index in [0.717, 1.165) is 12.1 Å². The second-order valence-corrected chi connectivity index (χ2v) is 21.7. The molecule has 0 aromatic heterocycles. The molecular formula is C24H43NO6Si2. The van der Waals surface area contributed by atoms with Crippen LogP contribution < -0.4 is 9.47 Å². The number of aldehydes is 1. The van der Waals surface area contributed by atoms with Gasteiger partial charge in [0.05, 0.1) is 11.1 Å². The Hall–Kier alpha value is -1.69. The Balaban J connectivity index is 3.01. The third-order valence-corrected chi connectivity index (χ3v) is 8.55. The summed E-state index contributed by atoms with van der Waals surface area (Å²) in [4.78, 5) is 26.9. The summed E-state index contributed by atoms with van der Waals surface area (Å²) in [6, 6.07) is 5.34. The fourth-order valence-electron chi connectivity index (χ4n) is 2.92. The highest BCUT2D eigenvalue weighted by molar-refractivity contribution is 6.76. The summed E-state index contributed by atoms with van der Waals surface area (Å²) < 4.78 is 22.8. The summed E-state index contributed by atoms with van der Waals surface area (Å²) in [5.74, 6) is 0.346. The topological polar surface area (TPSA) is 74.3 Å². The Bertz CT molecular complexity index is 755. The van der Waals surface area contributed by atoms with E-state index in [1.54, 1.807) is 17.0 Å². The van der Waals surface area contributed by atoms with E-state index in [-0.39, 0.29) is 30.6 Å². The van der Waals surface area contributed by atoms with E-state index in [1.807, 2.05) is 13.8 Å². The highest BCUT2D eigenvalue weighted by Gasteiger charge is 2.25. The molecule has 33 heavy (non-hydrogen) atoms. The molecule has 0 saturated carbocycles. The molecule has 0 aliphatic rings. The van der Waals surface area contributed by atoms with Gasteiger partial charge in [-0.15, -0.1) is 0 Å².